The smallest absolute Gasteiger partial charge is 0.417 e. The number of carbonyl (C=O) groups excluding carboxylic acids is 1. The molecular formula is C45H35Br2F5N6O4. The summed E-state index contributed by atoms with van der Waals surface area (Å²) >= 11 is 7.27. The fraction of sp³-hybridized carbons (Fsp3) is 0.356. The number of alkyl halides is 3. The normalized spacial score (nSPS) is 25.5. The van der Waals surface area contributed by atoms with Gasteiger partial charge >= 0.3 is 6.18 Å². The highest BCUT2D eigenvalue weighted by molar-refractivity contribution is 9.11. The van der Waals surface area contributed by atoms with E-state index in [-0.39, 0.29) is 42.8 Å². The summed E-state index contributed by atoms with van der Waals surface area (Å²) in [6.45, 7) is 16.6. The van der Waals surface area contributed by atoms with Crippen molar-refractivity contribution in [2.24, 2.45) is 11.8 Å². The molecule has 10 rings (SSSR count). The van der Waals surface area contributed by atoms with E-state index in [0.717, 1.165) is 26.6 Å². The number of ketones is 1. The maximum atomic E-state index is 13.6. The van der Waals surface area contributed by atoms with Crippen LogP contribution in [-0.4, -0.2) is 55.4 Å². The first-order chi connectivity index (χ1) is 29.6. The average Bonchev–Trinajstić information content (AvgIpc) is 3.80. The Hall–Kier alpha value is -5.36. The van der Waals surface area contributed by atoms with Crippen LogP contribution in [0.4, 0.5) is 22.0 Å². The predicted octanol–water partition coefficient (Wildman–Crippen LogP) is 11.1. The summed E-state index contributed by atoms with van der Waals surface area (Å²) in [7, 11) is 0. The fourth-order valence-corrected chi connectivity index (χ4v) is 11.2. The van der Waals surface area contributed by atoms with E-state index in [0.29, 0.717) is 70.4 Å². The summed E-state index contributed by atoms with van der Waals surface area (Å²) in [6.07, 6.45) is -0.427. The molecule has 6 aromatic rings. The minimum atomic E-state index is -4.77. The molecule has 4 aliphatic rings. The van der Waals surface area contributed by atoms with Crippen molar-refractivity contribution in [1.29, 1.82) is 0 Å². The molecule has 0 unspecified atom stereocenters. The first-order valence-corrected chi connectivity index (χ1v) is 21.5. The number of aliphatic hydroxyl groups is 1. The van der Waals surface area contributed by atoms with Crippen molar-refractivity contribution in [1.82, 2.24) is 19.6 Å². The zero-order chi connectivity index (χ0) is 43.8. The van der Waals surface area contributed by atoms with Gasteiger partial charge in [0.05, 0.1) is 74.0 Å². The molecule has 2 aliphatic heterocycles. The van der Waals surface area contributed by atoms with Crippen molar-refractivity contribution in [3.63, 3.8) is 0 Å². The molecule has 0 saturated heterocycles. The third-order valence-corrected chi connectivity index (χ3v) is 14.5. The van der Waals surface area contributed by atoms with E-state index < -0.39 is 41.6 Å². The largest absolute Gasteiger partial charge is 0.492 e. The number of nitrogens with zero attached hydrogens (tertiary/aromatic N) is 6. The predicted molar refractivity (Wildman–Crippen MR) is 225 cm³/mol. The topological polar surface area (TPSA) is 100 Å². The van der Waals surface area contributed by atoms with E-state index in [9.17, 15) is 31.9 Å². The van der Waals surface area contributed by atoms with Crippen LogP contribution in [0.15, 0.2) is 82.0 Å². The fourth-order valence-electron chi connectivity index (χ4n) is 9.78. The summed E-state index contributed by atoms with van der Waals surface area (Å²) < 4.78 is 84.1. The molecule has 2 aliphatic carbocycles. The van der Waals surface area contributed by atoms with Gasteiger partial charge in [-0.15, -0.1) is 0 Å². The number of benzene rings is 4. The number of ether oxygens (including phenoxy) is 2. The van der Waals surface area contributed by atoms with Gasteiger partial charge in [-0.2, -0.15) is 23.4 Å². The maximum absolute atomic E-state index is 13.6. The van der Waals surface area contributed by atoms with E-state index in [1.54, 1.807) is 52.1 Å². The zero-order valence-electron chi connectivity index (χ0n) is 32.7. The number of hydrogen-bond donors (Lipinski definition) is 1. The van der Waals surface area contributed by atoms with E-state index in [2.05, 4.69) is 51.7 Å². The van der Waals surface area contributed by atoms with Crippen molar-refractivity contribution in [2.75, 3.05) is 13.2 Å². The van der Waals surface area contributed by atoms with Gasteiger partial charge in [0.15, 0.2) is 5.60 Å². The van der Waals surface area contributed by atoms with Gasteiger partial charge in [0.1, 0.15) is 28.9 Å². The van der Waals surface area contributed by atoms with Crippen molar-refractivity contribution in [3.05, 3.63) is 128 Å². The highest BCUT2D eigenvalue weighted by Crippen LogP contribution is 2.58. The van der Waals surface area contributed by atoms with Crippen molar-refractivity contribution in [3.8, 4) is 22.9 Å². The summed E-state index contributed by atoms with van der Waals surface area (Å²) in [5, 5.41) is 20.8. The number of rotatable bonds is 2. The van der Waals surface area contributed by atoms with E-state index in [4.69, 9.17) is 22.6 Å². The van der Waals surface area contributed by atoms with Gasteiger partial charge in [-0.05, 0) is 118 Å². The van der Waals surface area contributed by atoms with Gasteiger partial charge in [-0.1, -0.05) is 0 Å². The minimum Gasteiger partial charge on any atom is -0.492 e. The Morgan fingerprint density at radius 3 is 1.68 bits per heavy atom. The molecule has 2 saturated carbocycles. The number of aromatic nitrogens is 4. The molecule has 10 nitrogen and oxygen atoms in total. The van der Waals surface area contributed by atoms with Crippen molar-refractivity contribution >= 4 is 59.4 Å². The lowest BCUT2D eigenvalue weighted by atomic mass is 9.63. The quantitative estimate of drug-likeness (QED) is 0.137. The molecule has 2 aromatic heterocycles. The first-order valence-electron chi connectivity index (χ1n) is 19.9. The number of hydrogen-bond acceptors (Lipinski definition) is 6. The van der Waals surface area contributed by atoms with E-state index in [1.165, 1.54) is 24.3 Å². The van der Waals surface area contributed by atoms with Gasteiger partial charge in [0.25, 0.3) is 11.1 Å². The molecule has 0 bridgehead atoms. The summed E-state index contributed by atoms with van der Waals surface area (Å²) in [5.41, 5.74) is -0.689. The number of halogens is 7. The Morgan fingerprint density at radius 2 is 1.21 bits per heavy atom. The SMILES string of the molecule is [C-]#[N+][C@@]12CCC(=O)C[C@H]1CCOc1c2cc2cnn(-c3ccc(F)cc3)c2c1Br.[C-]#[N+][C@@]12CC[C@](O)(C(F)(F)F)C[C@H]1CCOc1c2cc2cnn(-c3ccc(F)cc3)c2c1Br. The van der Waals surface area contributed by atoms with Crippen LogP contribution in [0.1, 0.15) is 62.5 Å². The second-order valence-electron chi connectivity index (χ2n) is 16.3. The summed E-state index contributed by atoms with van der Waals surface area (Å²) in [4.78, 5) is 20.0. The lowest BCUT2D eigenvalue weighted by Crippen LogP contribution is -2.54. The summed E-state index contributed by atoms with van der Waals surface area (Å²) in [6, 6.07) is 15.7. The second-order valence-corrected chi connectivity index (χ2v) is 17.9. The van der Waals surface area contributed by atoms with Crippen molar-refractivity contribution < 1.29 is 41.3 Å². The van der Waals surface area contributed by atoms with Crippen LogP contribution in [0.5, 0.6) is 11.5 Å². The molecule has 2 fully saturated rings. The Balaban J connectivity index is 0.000000159. The molecule has 62 heavy (non-hydrogen) atoms. The molecule has 0 amide bonds. The van der Waals surface area contributed by atoms with Crippen LogP contribution in [0, 0.1) is 36.6 Å². The Morgan fingerprint density at radius 1 is 0.742 bits per heavy atom. The van der Waals surface area contributed by atoms with Crippen LogP contribution in [0.2, 0.25) is 0 Å². The molecule has 4 heterocycles. The number of fused-ring (bicyclic) bond motifs is 8. The van der Waals surface area contributed by atoms with E-state index in [1.807, 2.05) is 6.07 Å². The molecule has 5 atom stereocenters. The van der Waals surface area contributed by atoms with Gasteiger partial charge in [0.2, 0.25) is 0 Å². The van der Waals surface area contributed by atoms with Gasteiger partial charge < -0.3 is 24.3 Å². The third kappa shape index (κ3) is 6.66. The molecule has 1 N–H and O–H groups in total. The monoisotopic (exact) mass is 976 g/mol. The van der Waals surface area contributed by atoms with Crippen LogP contribution in [0.3, 0.4) is 0 Å². The first kappa shape index (κ1) is 42.0. The Bertz CT molecular complexity index is 2850. The van der Waals surface area contributed by atoms with Gasteiger partial charge in [0, 0.05) is 42.4 Å². The highest BCUT2D eigenvalue weighted by Gasteiger charge is 2.65. The van der Waals surface area contributed by atoms with Crippen molar-refractivity contribution in [2.45, 2.75) is 74.2 Å². The molecular weight excluding hydrogens is 943 g/mol. The molecule has 0 spiro atoms. The van der Waals surface area contributed by atoms with E-state index >= 15 is 0 Å². The van der Waals surface area contributed by atoms with Crippen LogP contribution >= 0.6 is 31.9 Å². The minimum absolute atomic E-state index is 0.0426. The Kier molecular flexibility index (Phi) is 10.5. The van der Waals surface area contributed by atoms with Crippen LogP contribution < -0.4 is 9.47 Å². The molecule has 318 valence electrons. The molecule has 0 radical (unpaired) electrons. The van der Waals surface area contributed by atoms with Crippen LogP contribution in [0.25, 0.3) is 42.9 Å². The number of carbonyl (C=O) groups is 1. The lowest BCUT2D eigenvalue weighted by molar-refractivity contribution is -0.278. The third-order valence-electron chi connectivity index (χ3n) is 13.0. The molecule has 17 heteroatoms. The average molecular weight is 979 g/mol. The standard InChI is InChI=1S/C23H18BrF4N3O2.C22H17BrFN3O2/c1-29-22-8-7-21(32,23(26,27)28)11-14(22)6-9-33-20-17(22)10-13-12-30-31(19(13)18(20)24)16-4-2-15(25)3-5-16;1-25-22-8-6-17(28)11-14(22)7-9-29-21-18(22)10-13-12-26-27(20(13)19(21)23)16-4-2-15(24)3-5-16/h2-5,10,12,14,32H,6-9,11H2;2-5,10,12,14H,6-9,11H2/t14-,21-,22+;14-,22+/m11/s1. The maximum Gasteiger partial charge on any atom is 0.417 e. The van der Waals surface area contributed by atoms with Crippen LogP contribution in [-0.2, 0) is 15.9 Å². The Labute approximate surface area is 368 Å². The lowest BCUT2D eigenvalue weighted by Gasteiger charge is -2.43. The number of Topliss-reactive ketones (excluding diaryl/α,β-unsaturated/α-hetero) is 1. The highest BCUT2D eigenvalue weighted by atomic mass is 79.9. The molecule has 4 aromatic carbocycles. The van der Waals surface area contributed by atoms with Gasteiger partial charge in [-0.3, -0.25) is 4.79 Å². The second kappa shape index (κ2) is 15.5. The summed E-state index contributed by atoms with van der Waals surface area (Å²) in [5.74, 6) is -0.198. The van der Waals surface area contributed by atoms with Gasteiger partial charge in [-0.25, -0.2) is 31.3 Å². The zero-order valence-corrected chi connectivity index (χ0v) is 35.8.